The second kappa shape index (κ2) is 5.99. The van der Waals surface area contributed by atoms with Crippen molar-refractivity contribution in [3.05, 3.63) is 0 Å². The second-order valence-corrected chi connectivity index (χ2v) is 5.46. The predicted molar refractivity (Wildman–Crippen MR) is 68.5 cm³/mol. The predicted octanol–water partition coefficient (Wildman–Crippen LogP) is 1.14. The minimum Gasteiger partial charge on any atom is -0.330 e. The fraction of sp³-hybridized carbons (Fsp3) is 1.00. The highest BCUT2D eigenvalue weighted by molar-refractivity contribution is 4.85. The summed E-state index contributed by atoms with van der Waals surface area (Å²) < 4.78 is 0. The van der Waals surface area contributed by atoms with Crippen LogP contribution in [0, 0.1) is 5.92 Å². The molecule has 2 aliphatic heterocycles. The van der Waals surface area contributed by atoms with Crippen molar-refractivity contribution in [2.45, 2.75) is 38.6 Å². The Balaban J connectivity index is 1.85. The third-order valence-corrected chi connectivity index (χ3v) is 4.31. The number of fused-ring (bicyclic) bond motifs is 1. The molecule has 2 heterocycles. The molecule has 0 radical (unpaired) electrons. The van der Waals surface area contributed by atoms with Crippen molar-refractivity contribution in [2.24, 2.45) is 11.7 Å². The van der Waals surface area contributed by atoms with E-state index in [1.54, 1.807) is 0 Å². The molecular formula is C13H27N3. The molecule has 3 nitrogen and oxygen atoms in total. The summed E-state index contributed by atoms with van der Waals surface area (Å²) in [6, 6.07) is 0.845. The molecule has 0 amide bonds. The fourth-order valence-electron chi connectivity index (χ4n) is 3.18. The van der Waals surface area contributed by atoms with Crippen molar-refractivity contribution in [1.82, 2.24) is 9.80 Å². The minimum absolute atomic E-state index is 0.702. The first-order valence-electron chi connectivity index (χ1n) is 7.00. The fourth-order valence-corrected chi connectivity index (χ4v) is 3.18. The summed E-state index contributed by atoms with van der Waals surface area (Å²) in [4.78, 5) is 5.36. The molecule has 16 heavy (non-hydrogen) atoms. The number of nitrogens with two attached hydrogens (primary N) is 1. The summed E-state index contributed by atoms with van der Waals surface area (Å²) in [5.74, 6) is 0.702. The Morgan fingerprint density at radius 2 is 2.06 bits per heavy atom. The van der Waals surface area contributed by atoms with E-state index in [0.717, 1.165) is 12.6 Å². The number of hydrogen-bond donors (Lipinski definition) is 1. The van der Waals surface area contributed by atoms with Crippen LogP contribution in [0.4, 0.5) is 0 Å². The molecule has 0 saturated carbocycles. The maximum Gasteiger partial charge on any atom is 0.0223 e. The molecule has 2 unspecified atom stereocenters. The molecule has 2 N–H and O–H groups in total. The zero-order valence-corrected chi connectivity index (χ0v) is 10.7. The van der Waals surface area contributed by atoms with Gasteiger partial charge in [-0.15, -0.1) is 0 Å². The highest BCUT2D eigenvalue weighted by Gasteiger charge is 2.28. The zero-order valence-electron chi connectivity index (χ0n) is 10.7. The lowest BCUT2D eigenvalue weighted by atomic mass is 10.1. The van der Waals surface area contributed by atoms with E-state index in [-0.39, 0.29) is 0 Å². The first-order chi connectivity index (χ1) is 7.83. The zero-order chi connectivity index (χ0) is 11.4. The molecule has 0 aromatic rings. The van der Waals surface area contributed by atoms with E-state index < -0.39 is 0 Å². The van der Waals surface area contributed by atoms with E-state index in [4.69, 9.17) is 5.73 Å². The molecule has 3 heteroatoms. The normalized spacial score (nSPS) is 30.0. The Morgan fingerprint density at radius 1 is 1.25 bits per heavy atom. The molecule has 2 saturated heterocycles. The number of hydrogen-bond acceptors (Lipinski definition) is 3. The smallest absolute Gasteiger partial charge is 0.0223 e. The van der Waals surface area contributed by atoms with E-state index in [9.17, 15) is 0 Å². The third kappa shape index (κ3) is 2.96. The van der Waals surface area contributed by atoms with Crippen molar-refractivity contribution in [1.29, 1.82) is 0 Å². The summed E-state index contributed by atoms with van der Waals surface area (Å²) in [5, 5.41) is 0. The van der Waals surface area contributed by atoms with Crippen LogP contribution in [0.3, 0.4) is 0 Å². The maximum atomic E-state index is 5.81. The average Bonchev–Trinajstić information content (AvgIpc) is 2.65. The van der Waals surface area contributed by atoms with Crippen LogP contribution in [-0.4, -0.2) is 55.1 Å². The van der Waals surface area contributed by atoms with Gasteiger partial charge in [0.1, 0.15) is 0 Å². The average molecular weight is 225 g/mol. The van der Waals surface area contributed by atoms with E-state index in [0.29, 0.717) is 5.92 Å². The van der Waals surface area contributed by atoms with Gasteiger partial charge in [-0.2, -0.15) is 0 Å². The molecule has 0 spiro atoms. The summed E-state index contributed by atoms with van der Waals surface area (Å²) >= 11 is 0. The molecule has 0 aromatic carbocycles. The molecular weight excluding hydrogens is 198 g/mol. The van der Waals surface area contributed by atoms with Gasteiger partial charge in [0.15, 0.2) is 0 Å². The van der Waals surface area contributed by atoms with Crippen LogP contribution in [0.2, 0.25) is 0 Å². The summed E-state index contributed by atoms with van der Waals surface area (Å²) in [6.45, 7) is 9.56. The van der Waals surface area contributed by atoms with Crippen LogP contribution in [0.15, 0.2) is 0 Å². The SMILES string of the molecule is CCC(CN)CN1CCCN2CCCC2C1. The maximum absolute atomic E-state index is 5.81. The molecule has 0 bridgehead atoms. The van der Waals surface area contributed by atoms with Crippen molar-refractivity contribution in [3.8, 4) is 0 Å². The van der Waals surface area contributed by atoms with E-state index >= 15 is 0 Å². The molecule has 2 fully saturated rings. The summed E-state index contributed by atoms with van der Waals surface area (Å²) in [6.07, 6.45) is 5.39. The van der Waals surface area contributed by atoms with Gasteiger partial charge >= 0.3 is 0 Å². The van der Waals surface area contributed by atoms with Crippen LogP contribution in [0.1, 0.15) is 32.6 Å². The quantitative estimate of drug-likeness (QED) is 0.779. The van der Waals surface area contributed by atoms with Crippen LogP contribution in [-0.2, 0) is 0 Å². The lowest BCUT2D eigenvalue weighted by molar-refractivity contribution is 0.198. The van der Waals surface area contributed by atoms with E-state index in [1.165, 1.54) is 58.4 Å². The first kappa shape index (κ1) is 12.3. The summed E-state index contributed by atoms with van der Waals surface area (Å²) in [7, 11) is 0. The Bertz CT molecular complexity index is 203. The number of nitrogens with zero attached hydrogens (tertiary/aromatic N) is 2. The molecule has 2 aliphatic rings. The minimum atomic E-state index is 0.702. The third-order valence-electron chi connectivity index (χ3n) is 4.31. The van der Waals surface area contributed by atoms with Crippen molar-refractivity contribution in [3.63, 3.8) is 0 Å². The Labute approximate surface area is 100.0 Å². The van der Waals surface area contributed by atoms with Gasteiger partial charge in [-0.05, 0) is 51.4 Å². The Morgan fingerprint density at radius 3 is 2.81 bits per heavy atom. The van der Waals surface area contributed by atoms with Crippen LogP contribution >= 0.6 is 0 Å². The lowest BCUT2D eigenvalue weighted by Crippen LogP contribution is -2.39. The van der Waals surface area contributed by atoms with Crippen LogP contribution in [0.5, 0.6) is 0 Å². The van der Waals surface area contributed by atoms with Crippen molar-refractivity contribution in [2.75, 3.05) is 39.3 Å². The lowest BCUT2D eigenvalue weighted by Gasteiger charge is -2.28. The van der Waals surface area contributed by atoms with Gasteiger partial charge in [-0.3, -0.25) is 4.90 Å². The number of rotatable bonds is 4. The monoisotopic (exact) mass is 225 g/mol. The molecule has 0 aromatic heterocycles. The largest absolute Gasteiger partial charge is 0.330 e. The highest BCUT2D eigenvalue weighted by atomic mass is 15.3. The van der Waals surface area contributed by atoms with Gasteiger partial charge in [-0.1, -0.05) is 13.3 Å². The molecule has 94 valence electrons. The second-order valence-electron chi connectivity index (χ2n) is 5.46. The van der Waals surface area contributed by atoms with Crippen molar-refractivity contribution >= 4 is 0 Å². The van der Waals surface area contributed by atoms with E-state index in [2.05, 4.69) is 16.7 Å². The molecule has 2 rings (SSSR count). The Hall–Kier alpha value is -0.120. The van der Waals surface area contributed by atoms with Gasteiger partial charge in [0, 0.05) is 19.1 Å². The molecule has 2 atom stereocenters. The standard InChI is InChI=1S/C13H27N3/c1-2-12(9-14)10-15-6-4-8-16-7-3-5-13(16)11-15/h12-13H,2-11,14H2,1H3. The van der Waals surface area contributed by atoms with Gasteiger partial charge < -0.3 is 10.6 Å². The van der Waals surface area contributed by atoms with Crippen molar-refractivity contribution < 1.29 is 0 Å². The van der Waals surface area contributed by atoms with Gasteiger partial charge in [0.05, 0.1) is 0 Å². The summed E-state index contributed by atoms with van der Waals surface area (Å²) in [5.41, 5.74) is 5.81. The van der Waals surface area contributed by atoms with Crippen LogP contribution < -0.4 is 5.73 Å². The van der Waals surface area contributed by atoms with Gasteiger partial charge in [0.25, 0.3) is 0 Å². The van der Waals surface area contributed by atoms with Crippen LogP contribution in [0.25, 0.3) is 0 Å². The van der Waals surface area contributed by atoms with Gasteiger partial charge in [0.2, 0.25) is 0 Å². The molecule has 0 aliphatic carbocycles. The highest BCUT2D eigenvalue weighted by Crippen LogP contribution is 2.21. The Kier molecular flexibility index (Phi) is 4.62. The van der Waals surface area contributed by atoms with Gasteiger partial charge in [-0.25, -0.2) is 0 Å². The first-order valence-corrected chi connectivity index (χ1v) is 7.00. The van der Waals surface area contributed by atoms with E-state index in [1.807, 2.05) is 0 Å². The topological polar surface area (TPSA) is 32.5 Å².